The van der Waals surface area contributed by atoms with E-state index < -0.39 is 0 Å². The number of nitrogens with zero attached hydrogens (tertiary/aromatic N) is 2. The van der Waals surface area contributed by atoms with E-state index in [1.54, 1.807) is 0 Å². The van der Waals surface area contributed by atoms with Crippen molar-refractivity contribution in [1.82, 2.24) is 15.2 Å². The number of hydrogen-bond donors (Lipinski definition) is 1. The van der Waals surface area contributed by atoms with Crippen molar-refractivity contribution < 1.29 is 0 Å². The molecule has 2 unspecified atom stereocenters. The van der Waals surface area contributed by atoms with Gasteiger partial charge in [0.1, 0.15) is 0 Å². The molecule has 1 aliphatic heterocycles. The van der Waals surface area contributed by atoms with Crippen LogP contribution in [0.25, 0.3) is 0 Å². The maximum atomic E-state index is 4.50. The van der Waals surface area contributed by atoms with E-state index >= 15 is 0 Å². The second-order valence-electron chi connectivity index (χ2n) is 5.62. The predicted octanol–water partition coefficient (Wildman–Crippen LogP) is 2.77. The SMILES string of the molecule is CCN1CCCCC(CNC)C1c1ccc(C)nc1. The van der Waals surface area contributed by atoms with Crippen LogP contribution in [0.3, 0.4) is 0 Å². The summed E-state index contributed by atoms with van der Waals surface area (Å²) in [5, 5.41) is 3.37. The monoisotopic (exact) mass is 261 g/mol. The van der Waals surface area contributed by atoms with Crippen LogP contribution in [-0.4, -0.2) is 36.6 Å². The van der Waals surface area contributed by atoms with Crippen LogP contribution in [0.15, 0.2) is 18.3 Å². The van der Waals surface area contributed by atoms with Gasteiger partial charge in [0.25, 0.3) is 0 Å². The van der Waals surface area contributed by atoms with E-state index in [4.69, 9.17) is 0 Å². The fourth-order valence-corrected chi connectivity index (χ4v) is 3.28. The molecule has 2 rings (SSSR count). The highest BCUT2D eigenvalue weighted by Gasteiger charge is 2.29. The van der Waals surface area contributed by atoms with Gasteiger partial charge in [-0.15, -0.1) is 0 Å². The van der Waals surface area contributed by atoms with Crippen molar-refractivity contribution in [3.63, 3.8) is 0 Å². The van der Waals surface area contributed by atoms with Gasteiger partial charge >= 0.3 is 0 Å². The molecule has 106 valence electrons. The lowest BCUT2D eigenvalue weighted by molar-refractivity contribution is 0.162. The Balaban J connectivity index is 2.28. The average molecular weight is 261 g/mol. The Morgan fingerprint density at radius 3 is 2.84 bits per heavy atom. The quantitative estimate of drug-likeness (QED) is 0.903. The number of pyridine rings is 1. The number of rotatable bonds is 4. The van der Waals surface area contributed by atoms with Gasteiger partial charge in [-0.1, -0.05) is 19.4 Å². The summed E-state index contributed by atoms with van der Waals surface area (Å²) in [7, 11) is 2.06. The van der Waals surface area contributed by atoms with Gasteiger partial charge in [0.05, 0.1) is 0 Å². The van der Waals surface area contributed by atoms with Crippen molar-refractivity contribution in [1.29, 1.82) is 0 Å². The minimum Gasteiger partial charge on any atom is -0.319 e. The van der Waals surface area contributed by atoms with E-state index in [-0.39, 0.29) is 0 Å². The van der Waals surface area contributed by atoms with Gasteiger partial charge in [0.2, 0.25) is 0 Å². The normalized spacial score (nSPS) is 25.2. The molecule has 1 aromatic heterocycles. The zero-order chi connectivity index (χ0) is 13.7. The Bertz CT molecular complexity index is 374. The molecule has 0 saturated carbocycles. The molecule has 1 aliphatic rings. The first-order chi connectivity index (χ1) is 9.26. The molecule has 0 aromatic carbocycles. The predicted molar refractivity (Wildman–Crippen MR) is 80.2 cm³/mol. The average Bonchev–Trinajstić information content (AvgIpc) is 2.62. The molecule has 0 radical (unpaired) electrons. The third kappa shape index (κ3) is 3.54. The lowest BCUT2D eigenvalue weighted by atomic mass is 9.89. The molecule has 2 atom stereocenters. The first-order valence-electron chi connectivity index (χ1n) is 7.57. The summed E-state index contributed by atoms with van der Waals surface area (Å²) in [6.45, 7) is 7.76. The van der Waals surface area contributed by atoms with Gasteiger partial charge in [-0.25, -0.2) is 0 Å². The molecule has 0 aliphatic carbocycles. The molecule has 0 bridgehead atoms. The van der Waals surface area contributed by atoms with Gasteiger partial charge in [0, 0.05) is 17.9 Å². The summed E-state index contributed by atoms with van der Waals surface area (Å²) in [5.41, 5.74) is 2.49. The molecule has 1 fully saturated rings. The van der Waals surface area contributed by atoms with Crippen LogP contribution in [0.5, 0.6) is 0 Å². The summed E-state index contributed by atoms with van der Waals surface area (Å²) in [6.07, 6.45) is 6.06. The van der Waals surface area contributed by atoms with Crippen LogP contribution in [-0.2, 0) is 0 Å². The molecule has 1 aromatic rings. The third-order valence-corrected chi connectivity index (χ3v) is 4.26. The van der Waals surface area contributed by atoms with Crippen LogP contribution >= 0.6 is 0 Å². The van der Waals surface area contributed by atoms with Crippen molar-refractivity contribution in [3.05, 3.63) is 29.6 Å². The zero-order valence-corrected chi connectivity index (χ0v) is 12.5. The first-order valence-corrected chi connectivity index (χ1v) is 7.57. The van der Waals surface area contributed by atoms with Gasteiger partial charge in [-0.05, 0) is 64.0 Å². The van der Waals surface area contributed by atoms with E-state index in [1.807, 2.05) is 0 Å². The van der Waals surface area contributed by atoms with E-state index in [1.165, 1.54) is 31.4 Å². The minimum atomic E-state index is 0.521. The van der Waals surface area contributed by atoms with Crippen LogP contribution in [0, 0.1) is 12.8 Å². The zero-order valence-electron chi connectivity index (χ0n) is 12.5. The summed E-state index contributed by atoms with van der Waals surface area (Å²) < 4.78 is 0. The highest BCUT2D eigenvalue weighted by Crippen LogP contribution is 2.34. The Morgan fingerprint density at radius 1 is 1.37 bits per heavy atom. The van der Waals surface area contributed by atoms with E-state index in [0.29, 0.717) is 12.0 Å². The number of nitrogens with one attached hydrogen (secondary N) is 1. The van der Waals surface area contributed by atoms with Gasteiger partial charge in [0.15, 0.2) is 0 Å². The first kappa shape index (κ1) is 14.5. The van der Waals surface area contributed by atoms with Crippen molar-refractivity contribution in [2.24, 2.45) is 5.92 Å². The molecule has 2 heterocycles. The smallest absolute Gasteiger partial charge is 0.0403 e. The molecular weight excluding hydrogens is 234 g/mol. The maximum absolute atomic E-state index is 4.50. The topological polar surface area (TPSA) is 28.2 Å². The summed E-state index contributed by atoms with van der Waals surface area (Å²) in [4.78, 5) is 7.13. The number of likely N-dealkylation sites (tertiary alicyclic amines) is 1. The minimum absolute atomic E-state index is 0.521. The van der Waals surface area contributed by atoms with Crippen LogP contribution in [0.1, 0.15) is 43.5 Å². The lowest BCUT2D eigenvalue weighted by Gasteiger charge is -2.34. The molecule has 1 saturated heterocycles. The number of hydrogen-bond acceptors (Lipinski definition) is 3. The fraction of sp³-hybridized carbons (Fsp3) is 0.688. The summed E-state index contributed by atoms with van der Waals surface area (Å²) >= 11 is 0. The van der Waals surface area contributed by atoms with Crippen molar-refractivity contribution in [2.45, 2.75) is 39.2 Å². The highest BCUT2D eigenvalue weighted by atomic mass is 15.2. The van der Waals surface area contributed by atoms with Crippen LogP contribution in [0.2, 0.25) is 0 Å². The van der Waals surface area contributed by atoms with Gasteiger partial charge in [-0.2, -0.15) is 0 Å². The van der Waals surface area contributed by atoms with Crippen molar-refractivity contribution in [3.8, 4) is 0 Å². The van der Waals surface area contributed by atoms with Crippen LogP contribution in [0.4, 0.5) is 0 Å². The molecule has 0 amide bonds. The van der Waals surface area contributed by atoms with Crippen molar-refractivity contribution >= 4 is 0 Å². The lowest BCUT2D eigenvalue weighted by Crippen LogP contribution is -2.36. The summed E-state index contributed by atoms with van der Waals surface area (Å²) in [5.74, 6) is 0.692. The molecule has 19 heavy (non-hydrogen) atoms. The van der Waals surface area contributed by atoms with E-state index in [2.05, 4.69) is 54.4 Å². The third-order valence-electron chi connectivity index (χ3n) is 4.26. The molecule has 1 N–H and O–H groups in total. The molecular formula is C16H27N3. The fourth-order valence-electron chi connectivity index (χ4n) is 3.28. The second-order valence-corrected chi connectivity index (χ2v) is 5.62. The van der Waals surface area contributed by atoms with E-state index in [0.717, 1.165) is 18.8 Å². The molecule has 3 heteroatoms. The largest absolute Gasteiger partial charge is 0.319 e. The second kappa shape index (κ2) is 7.01. The highest BCUT2D eigenvalue weighted by molar-refractivity contribution is 5.19. The van der Waals surface area contributed by atoms with Crippen LogP contribution < -0.4 is 5.32 Å². The molecule has 3 nitrogen and oxygen atoms in total. The van der Waals surface area contributed by atoms with E-state index in [9.17, 15) is 0 Å². The van der Waals surface area contributed by atoms with Gasteiger partial charge in [-0.3, -0.25) is 9.88 Å². The Morgan fingerprint density at radius 2 is 2.21 bits per heavy atom. The molecule has 0 spiro atoms. The Labute approximate surface area is 117 Å². The van der Waals surface area contributed by atoms with Gasteiger partial charge < -0.3 is 5.32 Å². The number of aryl methyl sites for hydroxylation is 1. The Kier molecular flexibility index (Phi) is 5.34. The maximum Gasteiger partial charge on any atom is 0.0403 e. The Hall–Kier alpha value is -0.930. The number of aromatic nitrogens is 1. The van der Waals surface area contributed by atoms with Crippen molar-refractivity contribution in [2.75, 3.05) is 26.7 Å². The standard InChI is InChI=1S/C16H27N3/c1-4-19-10-6-5-7-14(11-17-3)16(19)15-9-8-13(2)18-12-15/h8-9,12,14,16-17H,4-7,10-11H2,1-3H3. The summed E-state index contributed by atoms with van der Waals surface area (Å²) in [6, 6.07) is 4.93.